The van der Waals surface area contributed by atoms with E-state index in [-0.39, 0.29) is 11.8 Å². The molecule has 0 aromatic heterocycles. The Balaban J connectivity index is 2.51. The summed E-state index contributed by atoms with van der Waals surface area (Å²) in [6, 6.07) is 15.4. The molecule has 0 spiro atoms. The zero-order chi connectivity index (χ0) is 21.9. The van der Waals surface area contributed by atoms with Crippen molar-refractivity contribution in [2.75, 3.05) is 26.2 Å². The lowest BCUT2D eigenvalue weighted by Gasteiger charge is -2.25. The lowest BCUT2D eigenvalue weighted by molar-refractivity contribution is 0.0746. The van der Waals surface area contributed by atoms with Gasteiger partial charge in [-0.3, -0.25) is 9.59 Å². The monoisotopic (exact) mass is 408 g/mol. The molecule has 0 saturated heterocycles. The van der Waals surface area contributed by atoms with E-state index in [0.717, 1.165) is 63.0 Å². The summed E-state index contributed by atoms with van der Waals surface area (Å²) in [7, 11) is 0. The second-order valence-corrected chi connectivity index (χ2v) is 7.68. The van der Waals surface area contributed by atoms with Crippen molar-refractivity contribution in [2.24, 2.45) is 0 Å². The summed E-state index contributed by atoms with van der Waals surface area (Å²) < 4.78 is 0. The van der Waals surface area contributed by atoms with E-state index in [9.17, 15) is 9.59 Å². The van der Waals surface area contributed by atoms with Gasteiger partial charge < -0.3 is 9.80 Å². The molecule has 0 atom stereocenters. The molecule has 0 N–H and O–H groups in total. The third-order valence-electron chi connectivity index (χ3n) is 5.15. The molecule has 0 bridgehead atoms. The van der Waals surface area contributed by atoms with Crippen LogP contribution in [0.4, 0.5) is 0 Å². The number of carbonyl (C=O) groups is 2. The molecule has 4 heteroatoms. The van der Waals surface area contributed by atoms with Crippen LogP contribution in [0.15, 0.2) is 48.5 Å². The first kappa shape index (κ1) is 23.7. The molecule has 30 heavy (non-hydrogen) atoms. The van der Waals surface area contributed by atoms with Crippen molar-refractivity contribution in [1.82, 2.24) is 9.80 Å². The lowest BCUT2D eigenvalue weighted by Crippen LogP contribution is -2.33. The number of amides is 2. The van der Waals surface area contributed by atoms with E-state index in [1.165, 1.54) is 0 Å². The Morgan fingerprint density at radius 1 is 0.567 bits per heavy atom. The maximum Gasteiger partial charge on any atom is 0.254 e. The van der Waals surface area contributed by atoms with E-state index in [4.69, 9.17) is 0 Å². The van der Waals surface area contributed by atoms with Gasteiger partial charge in [-0.1, -0.05) is 64.1 Å². The SMILES string of the molecule is CCCN(CCC)C(=O)c1ccccc1-c1ccccc1C(=O)N(CCC)CCC. The molecule has 0 fully saturated rings. The van der Waals surface area contributed by atoms with E-state index in [1.54, 1.807) is 0 Å². The Bertz CT molecular complexity index is 750. The Hall–Kier alpha value is -2.62. The minimum Gasteiger partial charge on any atom is -0.339 e. The predicted molar refractivity (Wildman–Crippen MR) is 125 cm³/mol. The Morgan fingerprint density at radius 2 is 0.867 bits per heavy atom. The largest absolute Gasteiger partial charge is 0.339 e. The fraction of sp³-hybridized carbons (Fsp3) is 0.462. The first-order chi connectivity index (χ1) is 14.6. The number of rotatable bonds is 11. The van der Waals surface area contributed by atoms with Crippen molar-refractivity contribution in [3.05, 3.63) is 59.7 Å². The van der Waals surface area contributed by atoms with Crippen molar-refractivity contribution in [1.29, 1.82) is 0 Å². The lowest BCUT2D eigenvalue weighted by atomic mass is 9.94. The highest BCUT2D eigenvalue weighted by Crippen LogP contribution is 2.29. The van der Waals surface area contributed by atoms with Gasteiger partial charge >= 0.3 is 0 Å². The summed E-state index contributed by atoms with van der Waals surface area (Å²) in [6.07, 6.45) is 3.69. The third kappa shape index (κ3) is 5.71. The average Bonchev–Trinajstić information content (AvgIpc) is 2.78. The van der Waals surface area contributed by atoms with E-state index < -0.39 is 0 Å². The van der Waals surface area contributed by atoms with Gasteiger partial charge in [0.1, 0.15) is 0 Å². The van der Waals surface area contributed by atoms with Crippen LogP contribution in [-0.2, 0) is 0 Å². The number of hydrogen-bond acceptors (Lipinski definition) is 2. The quantitative estimate of drug-likeness (QED) is 0.466. The highest BCUT2D eigenvalue weighted by molar-refractivity contribution is 6.06. The topological polar surface area (TPSA) is 40.6 Å². The van der Waals surface area contributed by atoms with Crippen LogP contribution in [0.5, 0.6) is 0 Å². The molecule has 2 aromatic rings. The molecule has 0 aliphatic heterocycles. The van der Waals surface area contributed by atoms with Crippen LogP contribution in [0.25, 0.3) is 11.1 Å². The number of nitrogens with zero attached hydrogens (tertiary/aromatic N) is 2. The fourth-order valence-electron chi connectivity index (χ4n) is 3.86. The Morgan fingerprint density at radius 3 is 1.17 bits per heavy atom. The molecule has 162 valence electrons. The second-order valence-electron chi connectivity index (χ2n) is 7.68. The van der Waals surface area contributed by atoms with E-state index in [1.807, 2.05) is 58.3 Å². The van der Waals surface area contributed by atoms with Gasteiger partial charge in [0, 0.05) is 37.3 Å². The summed E-state index contributed by atoms with van der Waals surface area (Å²) in [5.74, 6) is 0.0750. The van der Waals surface area contributed by atoms with Gasteiger partial charge in [-0.25, -0.2) is 0 Å². The summed E-state index contributed by atoms with van der Waals surface area (Å²) in [5.41, 5.74) is 2.99. The number of hydrogen-bond donors (Lipinski definition) is 0. The van der Waals surface area contributed by atoms with Gasteiger partial charge in [0.15, 0.2) is 0 Å². The smallest absolute Gasteiger partial charge is 0.254 e. The molecular weight excluding hydrogens is 372 g/mol. The van der Waals surface area contributed by atoms with Crippen LogP contribution in [-0.4, -0.2) is 47.8 Å². The van der Waals surface area contributed by atoms with Crippen LogP contribution in [0.3, 0.4) is 0 Å². The van der Waals surface area contributed by atoms with Crippen molar-refractivity contribution in [2.45, 2.75) is 53.4 Å². The summed E-state index contributed by atoms with van der Waals surface area (Å²) in [5, 5.41) is 0. The minimum absolute atomic E-state index is 0.0375. The molecule has 2 aromatic carbocycles. The standard InChI is InChI=1S/C26H36N2O2/c1-5-17-27(18-6-2)25(29)23-15-11-9-13-21(23)22-14-10-12-16-24(22)26(30)28(19-7-3)20-8-4/h9-16H,5-8,17-20H2,1-4H3. The van der Waals surface area contributed by atoms with Crippen molar-refractivity contribution < 1.29 is 9.59 Å². The zero-order valence-corrected chi connectivity index (χ0v) is 19.0. The molecule has 0 heterocycles. The highest BCUT2D eigenvalue weighted by atomic mass is 16.2. The van der Waals surface area contributed by atoms with Crippen molar-refractivity contribution in [3.63, 3.8) is 0 Å². The van der Waals surface area contributed by atoms with Gasteiger partial charge in [0.05, 0.1) is 0 Å². The van der Waals surface area contributed by atoms with Crippen LogP contribution < -0.4 is 0 Å². The Kier molecular flexibility index (Phi) is 9.59. The van der Waals surface area contributed by atoms with Crippen LogP contribution in [0.1, 0.15) is 74.1 Å². The number of carbonyl (C=O) groups excluding carboxylic acids is 2. The minimum atomic E-state index is 0.0375. The fourth-order valence-corrected chi connectivity index (χ4v) is 3.86. The van der Waals surface area contributed by atoms with Gasteiger partial charge in [-0.05, 0) is 48.9 Å². The van der Waals surface area contributed by atoms with E-state index in [0.29, 0.717) is 11.1 Å². The van der Waals surface area contributed by atoms with Crippen molar-refractivity contribution >= 4 is 11.8 Å². The summed E-state index contributed by atoms with van der Waals surface area (Å²) in [4.78, 5) is 30.6. The van der Waals surface area contributed by atoms with Gasteiger partial charge in [0.2, 0.25) is 0 Å². The normalized spacial score (nSPS) is 10.7. The first-order valence-electron chi connectivity index (χ1n) is 11.4. The van der Waals surface area contributed by atoms with Crippen LogP contribution in [0, 0.1) is 0 Å². The maximum absolute atomic E-state index is 13.4. The molecule has 4 nitrogen and oxygen atoms in total. The summed E-state index contributed by atoms with van der Waals surface area (Å²) in [6.45, 7) is 11.3. The third-order valence-corrected chi connectivity index (χ3v) is 5.15. The molecular formula is C26H36N2O2. The van der Waals surface area contributed by atoms with Gasteiger partial charge in [-0.2, -0.15) is 0 Å². The highest BCUT2D eigenvalue weighted by Gasteiger charge is 2.23. The Labute approximate surface area is 181 Å². The molecule has 2 amide bonds. The molecule has 0 radical (unpaired) electrons. The maximum atomic E-state index is 13.4. The molecule has 0 aliphatic rings. The first-order valence-corrected chi connectivity index (χ1v) is 11.4. The average molecular weight is 409 g/mol. The van der Waals surface area contributed by atoms with Crippen LogP contribution >= 0.6 is 0 Å². The van der Waals surface area contributed by atoms with Gasteiger partial charge in [0.25, 0.3) is 11.8 Å². The van der Waals surface area contributed by atoms with Crippen molar-refractivity contribution in [3.8, 4) is 11.1 Å². The predicted octanol–water partition coefficient (Wildman–Crippen LogP) is 5.88. The second kappa shape index (κ2) is 12.2. The van der Waals surface area contributed by atoms with E-state index >= 15 is 0 Å². The molecule has 0 saturated carbocycles. The number of benzene rings is 2. The molecule has 0 unspecified atom stereocenters. The van der Waals surface area contributed by atoms with Crippen LogP contribution in [0.2, 0.25) is 0 Å². The molecule has 2 rings (SSSR count). The van der Waals surface area contributed by atoms with Gasteiger partial charge in [-0.15, -0.1) is 0 Å². The van der Waals surface area contributed by atoms with E-state index in [2.05, 4.69) is 27.7 Å². The summed E-state index contributed by atoms with van der Waals surface area (Å²) >= 11 is 0. The zero-order valence-electron chi connectivity index (χ0n) is 19.0. The molecule has 0 aliphatic carbocycles.